The number of anilines is 1. The molecule has 2 rings (SSSR count). The Hall–Kier alpha value is -1.54. The summed E-state index contributed by atoms with van der Waals surface area (Å²) in [5.41, 5.74) is 1.35. The molecule has 4 nitrogen and oxygen atoms in total. The summed E-state index contributed by atoms with van der Waals surface area (Å²) in [6, 6.07) is 7.34. The Morgan fingerprint density at radius 2 is 2.41 bits per heavy atom. The summed E-state index contributed by atoms with van der Waals surface area (Å²) in [7, 11) is 1.38. The van der Waals surface area contributed by atoms with Gasteiger partial charge in [-0.1, -0.05) is 15.9 Å². The lowest BCUT2D eigenvalue weighted by Gasteiger charge is -2.41. The summed E-state index contributed by atoms with van der Waals surface area (Å²) in [4.78, 5) is 13.4. The van der Waals surface area contributed by atoms with Crippen LogP contribution in [0.1, 0.15) is 12.0 Å². The molecule has 1 unspecified atom stereocenters. The predicted octanol–water partition coefficient (Wildman–Crippen LogP) is 2.07. The molecular formula is C12H11BrN2O2. The van der Waals surface area contributed by atoms with Crippen LogP contribution in [0.2, 0.25) is 0 Å². The van der Waals surface area contributed by atoms with E-state index in [0.29, 0.717) is 5.56 Å². The van der Waals surface area contributed by atoms with E-state index in [9.17, 15) is 4.79 Å². The van der Waals surface area contributed by atoms with Gasteiger partial charge in [-0.05, 0) is 24.6 Å². The van der Waals surface area contributed by atoms with Crippen LogP contribution in [0.4, 0.5) is 5.69 Å². The zero-order valence-electron chi connectivity index (χ0n) is 9.31. The molecule has 1 atom stereocenters. The van der Waals surface area contributed by atoms with Crippen LogP contribution in [0.5, 0.6) is 0 Å². The van der Waals surface area contributed by atoms with Gasteiger partial charge in [-0.15, -0.1) is 0 Å². The molecule has 1 aliphatic rings. The van der Waals surface area contributed by atoms with Crippen molar-refractivity contribution in [2.24, 2.45) is 0 Å². The molecule has 0 aromatic heterocycles. The van der Waals surface area contributed by atoms with Gasteiger partial charge < -0.3 is 9.64 Å². The first-order valence-electron chi connectivity index (χ1n) is 5.21. The SMILES string of the molecule is COC(=O)C1CCN1c1ccc(Br)cc1C#N. The number of carbonyl (C=O) groups is 1. The largest absolute Gasteiger partial charge is 0.467 e. The Labute approximate surface area is 108 Å². The molecule has 0 bridgehead atoms. The number of methoxy groups -OCH3 is 1. The van der Waals surface area contributed by atoms with Crippen LogP contribution in [0.3, 0.4) is 0 Å². The van der Waals surface area contributed by atoms with Crippen molar-refractivity contribution in [2.75, 3.05) is 18.6 Å². The predicted molar refractivity (Wildman–Crippen MR) is 66.6 cm³/mol. The molecule has 1 aromatic rings. The fourth-order valence-electron chi connectivity index (χ4n) is 1.91. The zero-order chi connectivity index (χ0) is 12.4. The Morgan fingerprint density at radius 1 is 1.65 bits per heavy atom. The third kappa shape index (κ3) is 2.13. The number of hydrogen-bond acceptors (Lipinski definition) is 4. The molecule has 0 aliphatic carbocycles. The topological polar surface area (TPSA) is 53.3 Å². The number of nitriles is 1. The fraction of sp³-hybridized carbons (Fsp3) is 0.333. The number of benzene rings is 1. The molecule has 0 amide bonds. The zero-order valence-corrected chi connectivity index (χ0v) is 10.9. The minimum absolute atomic E-state index is 0.247. The Kier molecular flexibility index (Phi) is 3.34. The minimum Gasteiger partial charge on any atom is -0.467 e. The van der Waals surface area contributed by atoms with E-state index >= 15 is 0 Å². The van der Waals surface area contributed by atoms with Gasteiger partial charge in [0.1, 0.15) is 12.1 Å². The van der Waals surface area contributed by atoms with Gasteiger partial charge in [0.15, 0.2) is 0 Å². The highest BCUT2D eigenvalue weighted by atomic mass is 79.9. The van der Waals surface area contributed by atoms with Crippen molar-refractivity contribution in [1.82, 2.24) is 0 Å². The molecule has 1 heterocycles. The molecule has 5 heteroatoms. The smallest absolute Gasteiger partial charge is 0.328 e. The first kappa shape index (κ1) is 11.9. The molecule has 1 fully saturated rings. The first-order chi connectivity index (χ1) is 8.17. The third-order valence-electron chi connectivity index (χ3n) is 2.88. The highest BCUT2D eigenvalue weighted by molar-refractivity contribution is 9.10. The van der Waals surface area contributed by atoms with Crippen LogP contribution in [-0.4, -0.2) is 25.7 Å². The maximum absolute atomic E-state index is 11.5. The van der Waals surface area contributed by atoms with Crippen molar-refractivity contribution in [3.8, 4) is 6.07 Å². The van der Waals surface area contributed by atoms with Gasteiger partial charge in [0.2, 0.25) is 0 Å². The van der Waals surface area contributed by atoms with Gasteiger partial charge in [-0.25, -0.2) is 4.79 Å². The standard InChI is InChI=1S/C12H11BrN2O2/c1-17-12(16)11-4-5-15(11)10-3-2-9(13)6-8(10)7-14/h2-3,6,11H,4-5H2,1H3. The lowest BCUT2D eigenvalue weighted by atomic mass is 10.00. The van der Waals surface area contributed by atoms with Crippen LogP contribution in [0.15, 0.2) is 22.7 Å². The van der Waals surface area contributed by atoms with Crippen LogP contribution in [0, 0.1) is 11.3 Å². The van der Waals surface area contributed by atoms with Gasteiger partial charge in [-0.2, -0.15) is 5.26 Å². The van der Waals surface area contributed by atoms with Crippen molar-refractivity contribution in [3.05, 3.63) is 28.2 Å². The van der Waals surface area contributed by atoms with Gasteiger partial charge in [0.05, 0.1) is 18.4 Å². The average Bonchev–Trinajstić information content (AvgIpc) is 2.29. The van der Waals surface area contributed by atoms with Crippen molar-refractivity contribution in [1.29, 1.82) is 5.26 Å². The number of halogens is 1. The Bertz CT molecular complexity index is 496. The average molecular weight is 295 g/mol. The van der Waals surface area contributed by atoms with E-state index < -0.39 is 0 Å². The summed E-state index contributed by atoms with van der Waals surface area (Å²) >= 11 is 3.32. The Morgan fingerprint density at radius 3 is 2.94 bits per heavy atom. The monoisotopic (exact) mass is 294 g/mol. The lowest BCUT2D eigenvalue weighted by Crippen LogP contribution is -2.53. The highest BCUT2D eigenvalue weighted by Crippen LogP contribution is 2.31. The molecule has 88 valence electrons. The number of carbonyl (C=O) groups excluding carboxylic acids is 1. The molecule has 17 heavy (non-hydrogen) atoms. The first-order valence-corrected chi connectivity index (χ1v) is 6.01. The number of esters is 1. The molecule has 1 saturated heterocycles. The molecule has 0 radical (unpaired) electrons. The van der Waals surface area contributed by atoms with Crippen molar-refractivity contribution in [2.45, 2.75) is 12.5 Å². The van der Waals surface area contributed by atoms with Gasteiger partial charge in [0.25, 0.3) is 0 Å². The van der Waals surface area contributed by atoms with Gasteiger partial charge in [0, 0.05) is 11.0 Å². The molecule has 0 saturated carbocycles. The van der Waals surface area contributed by atoms with E-state index in [0.717, 1.165) is 23.1 Å². The lowest BCUT2D eigenvalue weighted by molar-refractivity contribution is -0.143. The van der Waals surface area contributed by atoms with Crippen LogP contribution < -0.4 is 4.90 Å². The summed E-state index contributed by atoms with van der Waals surface area (Å²) in [6.45, 7) is 0.774. The van der Waals surface area contributed by atoms with Crippen LogP contribution in [-0.2, 0) is 9.53 Å². The second kappa shape index (κ2) is 4.76. The maximum Gasteiger partial charge on any atom is 0.328 e. The summed E-state index contributed by atoms with van der Waals surface area (Å²) in [5.74, 6) is -0.247. The molecule has 0 N–H and O–H groups in total. The third-order valence-corrected chi connectivity index (χ3v) is 3.37. The van der Waals surface area contributed by atoms with E-state index in [1.54, 1.807) is 6.07 Å². The van der Waals surface area contributed by atoms with Gasteiger partial charge in [-0.3, -0.25) is 0 Å². The second-order valence-corrected chi connectivity index (χ2v) is 4.71. The normalized spacial score (nSPS) is 18.2. The fourth-order valence-corrected chi connectivity index (χ4v) is 2.27. The summed E-state index contributed by atoms with van der Waals surface area (Å²) in [6.07, 6.45) is 0.771. The molecule has 1 aliphatic heterocycles. The maximum atomic E-state index is 11.5. The highest BCUT2D eigenvalue weighted by Gasteiger charge is 2.36. The van der Waals surface area contributed by atoms with E-state index in [1.165, 1.54) is 7.11 Å². The van der Waals surface area contributed by atoms with Crippen LogP contribution in [0.25, 0.3) is 0 Å². The van der Waals surface area contributed by atoms with Gasteiger partial charge >= 0.3 is 5.97 Å². The van der Waals surface area contributed by atoms with Crippen molar-refractivity contribution >= 4 is 27.6 Å². The molecule has 0 spiro atoms. The minimum atomic E-state index is -0.256. The van der Waals surface area contributed by atoms with Crippen molar-refractivity contribution < 1.29 is 9.53 Å². The van der Waals surface area contributed by atoms with E-state index in [2.05, 4.69) is 22.0 Å². The quantitative estimate of drug-likeness (QED) is 0.784. The van der Waals surface area contributed by atoms with E-state index in [-0.39, 0.29) is 12.0 Å². The van der Waals surface area contributed by atoms with Crippen LogP contribution >= 0.6 is 15.9 Å². The molecule has 1 aromatic carbocycles. The summed E-state index contributed by atoms with van der Waals surface area (Å²) < 4.78 is 5.58. The summed E-state index contributed by atoms with van der Waals surface area (Å²) in [5, 5.41) is 9.08. The van der Waals surface area contributed by atoms with E-state index in [4.69, 9.17) is 10.00 Å². The van der Waals surface area contributed by atoms with E-state index in [1.807, 2.05) is 17.0 Å². The number of rotatable bonds is 2. The number of hydrogen-bond donors (Lipinski definition) is 0. The Balaban J connectivity index is 2.30. The van der Waals surface area contributed by atoms with Crippen molar-refractivity contribution in [3.63, 3.8) is 0 Å². The second-order valence-electron chi connectivity index (χ2n) is 3.79. The molecular weight excluding hydrogens is 284 g/mol. The number of nitrogens with zero attached hydrogens (tertiary/aromatic N) is 2. The number of ether oxygens (including phenoxy) is 1.